The van der Waals surface area contributed by atoms with Crippen LogP contribution in [0.15, 0.2) is 42.5 Å². The van der Waals surface area contributed by atoms with Crippen LogP contribution in [0, 0.1) is 20.6 Å². The molecule has 1 unspecified atom stereocenters. The van der Waals surface area contributed by atoms with Crippen molar-refractivity contribution in [3.8, 4) is 0 Å². The van der Waals surface area contributed by atoms with E-state index >= 15 is 0 Å². The average molecular weight is 588 g/mol. The van der Waals surface area contributed by atoms with Gasteiger partial charge in [0, 0.05) is 27.0 Å². The van der Waals surface area contributed by atoms with Crippen LogP contribution in [0.1, 0.15) is 15.9 Å². The van der Waals surface area contributed by atoms with E-state index < -0.39 is 20.8 Å². The lowest BCUT2D eigenvalue weighted by Gasteiger charge is -2.28. The Morgan fingerprint density at radius 3 is 2.31 bits per heavy atom. The number of alkyl halides is 3. The Morgan fingerprint density at radius 2 is 1.79 bits per heavy atom. The van der Waals surface area contributed by atoms with E-state index in [1.165, 1.54) is 24.3 Å². The van der Waals surface area contributed by atoms with Crippen molar-refractivity contribution in [2.45, 2.75) is 16.9 Å². The highest BCUT2D eigenvalue weighted by Crippen LogP contribution is 2.29. The average Bonchev–Trinajstić information content (AvgIpc) is 2.62. The third-order valence-electron chi connectivity index (χ3n) is 3.66. The first-order chi connectivity index (χ1) is 13.5. The molecule has 0 aliphatic rings. The summed E-state index contributed by atoms with van der Waals surface area (Å²) >= 11 is 25.4. The summed E-state index contributed by atoms with van der Waals surface area (Å²) < 4.78 is -0.859. The summed E-state index contributed by atoms with van der Waals surface area (Å²) in [4.78, 5) is 22.6. The second kappa shape index (κ2) is 10.1. The number of nitrogens with zero attached hydrogens (tertiary/aromatic N) is 1. The highest BCUT2D eigenvalue weighted by atomic mass is 127. The molecule has 2 aromatic rings. The number of nitro groups is 1. The lowest BCUT2D eigenvalue weighted by Crippen LogP contribution is -2.56. The van der Waals surface area contributed by atoms with Gasteiger partial charge in [-0.25, -0.2) is 0 Å². The largest absolute Gasteiger partial charge is 0.339 e. The first kappa shape index (κ1) is 23.9. The third-order valence-corrected chi connectivity index (χ3v) is 5.20. The fraction of sp³-hybridized carbons (Fsp3) is 0.176. The maximum Gasteiger partial charge on any atom is 0.269 e. The topological polar surface area (TPSA) is 96.3 Å². The molecule has 0 saturated carbocycles. The van der Waals surface area contributed by atoms with E-state index in [-0.39, 0.29) is 16.4 Å². The second-order valence-electron chi connectivity index (χ2n) is 5.81. The summed E-state index contributed by atoms with van der Waals surface area (Å²) in [6.07, 6.45) is -1.17. The van der Waals surface area contributed by atoms with Gasteiger partial charge in [0.2, 0.25) is 3.79 Å². The number of rotatable bonds is 5. The molecule has 2 rings (SSSR count). The molecule has 1 atom stereocenters. The van der Waals surface area contributed by atoms with Gasteiger partial charge in [0.05, 0.1) is 4.92 Å². The Kier molecular flexibility index (Phi) is 8.29. The Morgan fingerprint density at radius 1 is 1.17 bits per heavy atom. The molecule has 154 valence electrons. The van der Waals surface area contributed by atoms with Gasteiger partial charge in [0.1, 0.15) is 6.17 Å². The van der Waals surface area contributed by atoms with Gasteiger partial charge in [-0.15, -0.1) is 0 Å². The third kappa shape index (κ3) is 7.10. The molecule has 0 aliphatic carbocycles. The van der Waals surface area contributed by atoms with Crippen LogP contribution in [-0.4, -0.2) is 25.9 Å². The van der Waals surface area contributed by atoms with Crippen molar-refractivity contribution < 1.29 is 9.72 Å². The van der Waals surface area contributed by atoms with Crippen LogP contribution in [-0.2, 0) is 0 Å². The monoisotopic (exact) mass is 586 g/mol. The molecular weight excluding hydrogens is 574 g/mol. The van der Waals surface area contributed by atoms with Crippen LogP contribution in [0.3, 0.4) is 0 Å². The highest BCUT2D eigenvalue weighted by Gasteiger charge is 2.35. The minimum absolute atomic E-state index is 0.134. The Bertz CT molecular complexity index is 939. The minimum atomic E-state index is -1.93. The number of hydrogen-bond donors (Lipinski definition) is 3. The van der Waals surface area contributed by atoms with Crippen molar-refractivity contribution in [2.75, 3.05) is 5.32 Å². The molecule has 3 N–H and O–H groups in total. The van der Waals surface area contributed by atoms with Crippen LogP contribution in [0.4, 0.5) is 11.4 Å². The molecule has 0 fully saturated rings. The summed E-state index contributed by atoms with van der Waals surface area (Å²) in [5.74, 6) is -0.600. The fourth-order valence-electron chi connectivity index (χ4n) is 2.21. The molecular formula is C17H14Cl3IN4O3S. The van der Waals surface area contributed by atoms with E-state index in [1.54, 1.807) is 0 Å². The molecule has 0 radical (unpaired) electrons. The maximum absolute atomic E-state index is 12.5. The van der Waals surface area contributed by atoms with E-state index in [0.717, 1.165) is 14.8 Å². The molecule has 0 saturated heterocycles. The van der Waals surface area contributed by atoms with Gasteiger partial charge < -0.3 is 16.0 Å². The SMILES string of the molecule is Cc1cc(I)ccc1NC(=S)NC(NC(=O)c1ccc([N+](=O)[O-])cc1)C(Cl)(Cl)Cl. The molecule has 0 spiro atoms. The molecule has 7 nitrogen and oxygen atoms in total. The van der Waals surface area contributed by atoms with E-state index in [2.05, 4.69) is 38.5 Å². The zero-order valence-electron chi connectivity index (χ0n) is 14.7. The number of benzene rings is 2. The van der Waals surface area contributed by atoms with Gasteiger partial charge in [-0.1, -0.05) is 34.8 Å². The molecule has 1 amide bonds. The quantitative estimate of drug-likeness (QED) is 0.115. The summed E-state index contributed by atoms with van der Waals surface area (Å²) in [5.41, 5.74) is 1.73. The summed E-state index contributed by atoms with van der Waals surface area (Å²) in [5, 5.41) is 19.1. The Balaban J connectivity index is 2.09. The number of non-ortho nitro benzene ring substituents is 1. The minimum Gasteiger partial charge on any atom is -0.339 e. The van der Waals surface area contributed by atoms with Crippen molar-refractivity contribution in [1.82, 2.24) is 10.6 Å². The number of nitrogens with one attached hydrogen (secondary N) is 3. The number of carbonyl (C=O) groups is 1. The van der Waals surface area contributed by atoms with Gasteiger partial charge in [0.15, 0.2) is 5.11 Å². The van der Waals surface area contributed by atoms with Crippen molar-refractivity contribution >= 4 is 92.0 Å². The van der Waals surface area contributed by atoms with E-state index in [0.29, 0.717) is 0 Å². The molecule has 12 heteroatoms. The van der Waals surface area contributed by atoms with Crippen LogP contribution >= 0.6 is 69.6 Å². The maximum atomic E-state index is 12.5. The van der Waals surface area contributed by atoms with Gasteiger partial charge in [0.25, 0.3) is 11.6 Å². The molecule has 0 bridgehead atoms. The molecule has 2 aromatic carbocycles. The van der Waals surface area contributed by atoms with E-state index in [9.17, 15) is 14.9 Å². The summed E-state index contributed by atoms with van der Waals surface area (Å²) in [6, 6.07) is 10.7. The molecule has 0 aromatic heterocycles. The van der Waals surface area contributed by atoms with Gasteiger partial charge in [-0.3, -0.25) is 14.9 Å². The zero-order chi connectivity index (χ0) is 21.8. The normalized spacial score (nSPS) is 12.0. The second-order valence-corrected chi connectivity index (χ2v) is 9.83. The lowest BCUT2D eigenvalue weighted by atomic mass is 10.2. The predicted molar refractivity (Wildman–Crippen MR) is 128 cm³/mol. The van der Waals surface area contributed by atoms with Gasteiger partial charge >= 0.3 is 0 Å². The van der Waals surface area contributed by atoms with Crippen LogP contribution in [0.5, 0.6) is 0 Å². The van der Waals surface area contributed by atoms with Crippen LogP contribution < -0.4 is 16.0 Å². The standard InChI is InChI=1S/C17H14Cl3IN4O3S/c1-9-8-11(21)4-7-13(9)22-16(29)24-15(17(18,19)20)23-14(26)10-2-5-12(6-3-10)25(27)28/h2-8,15H,1H3,(H,23,26)(H2,22,24,29). The number of amides is 1. The number of aryl methyl sites for hydroxylation is 1. The number of hydrogen-bond acceptors (Lipinski definition) is 4. The Hall–Kier alpha value is -1.40. The smallest absolute Gasteiger partial charge is 0.269 e. The zero-order valence-corrected chi connectivity index (χ0v) is 20.0. The Labute approximate surface area is 200 Å². The number of thiocarbonyl (C=S) groups is 1. The summed E-state index contributed by atoms with van der Waals surface area (Å²) in [6.45, 7) is 1.91. The van der Waals surface area contributed by atoms with E-state index in [4.69, 9.17) is 47.0 Å². The fourth-order valence-corrected chi connectivity index (χ4v) is 3.41. The van der Waals surface area contributed by atoms with Crippen molar-refractivity contribution in [1.29, 1.82) is 0 Å². The highest BCUT2D eigenvalue weighted by molar-refractivity contribution is 14.1. The molecule has 0 aliphatic heterocycles. The predicted octanol–water partition coefficient (Wildman–Crippen LogP) is 4.92. The lowest BCUT2D eigenvalue weighted by molar-refractivity contribution is -0.384. The number of anilines is 1. The molecule has 0 heterocycles. The first-order valence-electron chi connectivity index (χ1n) is 7.93. The van der Waals surface area contributed by atoms with Crippen molar-refractivity contribution in [3.63, 3.8) is 0 Å². The van der Waals surface area contributed by atoms with Crippen molar-refractivity contribution in [2.24, 2.45) is 0 Å². The summed E-state index contributed by atoms with van der Waals surface area (Å²) in [7, 11) is 0. The number of carbonyl (C=O) groups excluding carboxylic acids is 1. The number of halogens is 4. The molecule has 29 heavy (non-hydrogen) atoms. The first-order valence-corrected chi connectivity index (χ1v) is 10.5. The van der Waals surface area contributed by atoms with Crippen molar-refractivity contribution in [3.05, 3.63) is 67.3 Å². The van der Waals surface area contributed by atoms with Gasteiger partial charge in [-0.2, -0.15) is 0 Å². The van der Waals surface area contributed by atoms with Gasteiger partial charge in [-0.05, 0) is 77.6 Å². The number of nitro benzene ring substituents is 1. The van der Waals surface area contributed by atoms with E-state index in [1.807, 2.05) is 25.1 Å². The van der Waals surface area contributed by atoms with Crippen LogP contribution in [0.2, 0.25) is 0 Å². The van der Waals surface area contributed by atoms with Crippen LogP contribution in [0.25, 0.3) is 0 Å².